The number of nitrogens with one attached hydrogen (secondary N) is 1. The van der Waals surface area contributed by atoms with Crippen LogP contribution in [0.25, 0.3) is 0 Å². The second-order valence-electron chi connectivity index (χ2n) is 7.04. The number of aliphatic hydroxyl groups excluding tert-OH is 1. The van der Waals surface area contributed by atoms with Crippen LogP contribution in [0.4, 0.5) is 0 Å². The van der Waals surface area contributed by atoms with Crippen LogP contribution in [0.1, 0.15) is 24.3 Å². The molecule has 0 atom stereocenters. The van der Waals surface area contributed by atoms with E-state index in [2.05, 4.69) is 25.1 Å². The summed E-state index contributed by atoms with van der Waals surface area (Å²) in [4.78, 5) is 37.3. The SMILES string of the molecule is O=C1CC(c2cncnc2)CC(=O)C1=CNCCN1CCN(CCO)CC1. The van der Waals surface area contributed by atoms with Gasteiger partial charge in [0.25, 0.3) is 0 Å². The van der Waals surface area contributed by atoms with Gasteiger partial charge in [-0.3, -0.25) is 19.4 Å². The average Bonchev–Trinajstić information content (AvgIpc) is 2.69. The van der Waals surface area contributed by atoms with Crippen LogP contribution in [-0.2, 0) is 9.59 Å². The van der Waals surface area contributed by atoms with Crippen molar-refractivity contribution in [3.05, 3.63) is 36.1 Å². The van der Waals surface area contributed by atoms with Gasteiger partial charge in [-0.25, -0.2) is 9.97 Å². The van der Waals surface area contributed by atoms with Crippen molar-refractivity contribution in [2.45, 2.75) is 18.8 Å². The Labute approximate surface area is 159 Å². The first-order valence-electron chi connectivity index (χ1n) is 9.48. The van der Waals surface area contributed by atoms with Crippen LogP contribution in [0.2, 0.25) is 0 Å². The van der Waals surface area contributed by atoms with Crippen LogP contribution >= 0.6 is 0 Å². The zero-order chi connectivity index (χ0) is 19.1. The molecule has 0 amide bonds. The molecule has 0 radical (unpaired) electrons. The first kappa shape index (κ1) is 19.6. The number of hydrogen-bond acceptors (Lipinski definition) is 8. The van der Waals surface area contributed by atoms with Crippen molar-refractivity contribution in [2.24, 2.45) is 0 Å². The van der Waals surface area contributed by atoms with Crippen LogP contribution in [-0.4, -0.2) is 88.9 Å². The van der Waals surface area contributed by atoms with Crippen LogP contribution in [0.5, 0.6) is 0 Å². The van der Waals surface area contributed by atoms with Gasteiger partial charge < -0.3 is 10.4 Å². The first-order valence-corrected chi connectivity index (χ1v) is 9.48. The molecule has 2 N–H and O–H groups in total. The highest BCUT2D eigenvalue weighted by Gasteiger charge is 2.31. The van der Waals surface area contributed by atoms with E-state index in [1.165, 1.54) is 6.33 Å². The number of Topliss-reactive ketones (excluding diaryl/α,β-unsaturated/α-hetero) is 2. The van der Waals surface area contributed by atoms with E-state index in [9.17, 15) is 9.59 Å². The number of hydrogen-bond donors (Lipinski definition) is 2. The van der Waals surface area contributed by atoms with Crippen molar-refractivity contribution in [1.29, 1.82) is 0 Å². The standard InChI is InChI=1S/C19H27N5O3/c25-8-7-24-5-3-23(4-6-24)2-1-20-13-17-18(26)9-15(10-19(17)27)16-11-21-14-22-12-16/h11-15,20,25H,1-10H2. The predicted octanol–water partition coefficient (Wildman–Crippen LogP) is -0.424. The number of ketones is 2. The Morgan fingerprint density at radius 3 is 2.22 bits per heavy atom. The summed E-state index contributed by atoms with van der Waals surface area (Å²) in [5.41, 5.74) is 1.11. The van der Waals surface area contributed by atoms with Gasteiger partial charge in [0, 0.05) is 83.2 Å². The smallest absolute Gasteiger partial charge is 0.168 e. The quantitative estimate of drug-likeness (QED) is 0.378. The van der Waals surface area contributed by atoms with Gasteiger partial charge in [0.15, 0.2) is 11.6 Å². The minimum absolute atomic E-state index is 0.120. The zero-order valence-electron chi connectivity index (χ0n) is 15.5. The summed E-state index contributed by atoms with van der Waals surface area (Å²) < 4.78 is 0. The highest BCUT2D eigenvalue weighted by Crippen LogP contribution is 2.30. The van der Waals surface area contributed by atoms with Crippen LogP contribution in [0.15, 0.2) is 30.5 Å². The lowest BCUT2D eigenvalue weighted by atomic mass is 9.81. The Morgan fingerprint density at radius 2 is 1.63 bits per heavy atom. The molecule has 1 aliphatic carbocycles. The molecule has 0 spiro atoms. The highest BCUT2D eigenvalue weighted by atomic mass is 16.3. The van der Waals surface area contributed by atoms with Crippen molar-refractivity contribution >= 4 is 11.6 Å². The lowest BCUT2D eigenvalue weighted by molar-refractivity contribution is -0.124. The number of carbonyl (C=O) groups excluding carboxylic acids is 2. The van der Waals surface area contributed by atoms with Crippen molar-refractivity contribution in [1.82, 2.24) is 25.1 Å². The molecule has 1 aromatic heterocycles. The second-order valence-corrected chi connectivity index (χ2v) is 7.04. The highest BCUT2D eigenvalue weighted by molar-refractivity contribution is 6.22. The maximum Gasteiger partial charge on any atom is 0.168 e. The van der Waals surface area contributed by atoms with E-state index in [4.69, 9.17) is 5.11 Å². The van der Waals surface area contributed by atoms with E-state index in [-0.39, 0.29) is 29.7 Å². The number of aromatic nitrogens is 2. The lowest BCUT2D eigenvalue weighted by Crippen LogP contribution is -2.48. The number of aliphatic hydroxyl groups is 1. The van der Waals surface area contributed by atoms with Gasteiger partial charge in [-0.05, 0) is 5.56 Å². The predicted molar refractivity (Wildman–Crippen MR) is 100 cm³/mol. The van der Waals surface area contributed by atoms with Gasteiger partial charge in [0.1, 0.15) is 6.33 Å². The van der Waals surface area contributed by atoms with E-state index in [0.29, 0.717) is 19.4 Å². The molecule has 1 aromatic rings. The van der Waals surface area contributed by atoms with Crippen LogP contribution in [0, 0.1) is 0 Å². The maximum atomic E-state index is 12.4. The van der Waals surface area contributed by atoms with Crippen molar-refractivity contribution in [3.8, 4) is 0 Å². The maximum absolute atomic E-state index is 12.4. The molecular formula is C19H27N5O3. The number of nitrogens with zero attached hydrogens (tertiary/aromatic N) is 4. The fraction of sp³-hybridized carbons (Fsp3) is 0.579. The molecule has 146 valence electrons. The third-order valence-electron chi connectivity index (χ3n) is 5.22. The topological polar surface area (TPSA) is 98.7 Å². The van der Waals surface area contributed by atoms with Crippen LogP contribution < -0.4 is 5.32 Å². The monoisotopic (exact) mass is 373 g/mol. The Hall–Kier alpha value is -2.16. The Kier molecular flexibility index (Phi) is 7.03. The molecule has 2 fully saturated rings. The third kappa shape index (κ3) is 5.41. The van der Waals surface area contributed by atoms with Gasteiger partial charge in [0.2, 0.25) is 0 Å². The molecule has 2 aliphatic rings. The van der Waals surface area contributed by atoms with Gasteiger partial charge in [-0.1, -0.05) is 0 Å². The van der Waals surface area contributed by atoms with Gasteiger partial charge in [0.05, 0.1) is 12.2 Å². The molecule has 0 unspecified atom stereocenters. The van der Waals surface area contributed by atoms with E-state index >= 15 is 0 Å². The molecule has 3 rings (SSSR count). The summed E-state index contributed by atoms with van der Waals surface area (Å²) in [6.45, 7) is 6.36. The summed E-state index contributed by atoms with van der Waals surface area (Å²) in [5.74, 6) is -0.367. The zero-order valence-corrected chi connectivity index (χ0v) is 15.5. The summed E-state index contributed by atoms with van der Waals surface area (Å²) >= 11 is 0. The Bertz CT molecular complexity index is 651. The molecule has 8 nitrogen and oxygen atoms in total. The minimum atomic E-state index is -0.126. The molecule has 8 heteroatoms. The van der Waals surface area contributed by atoms with Crippen molar-refractivity contribution in [2.75, 3.05) is 52.4 Å². The molecule has 1 aliphatic heterocycles. The Balaban J connectivity index is 1.43. The fourth-order valence-electron chi connectivity index (χ4n) is 3.59. The van der Waals surface area contributed by atoms with Crippen molar-refractivity contribution in [3.63, 3.8) is 0 Å². The van der Waals surface area contributed by atoms with E-state index in [1.54, 1.807) is 18.6 Å². The summed E-state index contributed by atoms with van der Waals surface area (Å²) in [6.07, 6.45) is 7.01. The Morgan fingerprint density at radius 1 is 1.04 bits per heavy atom. The number of piperazine rings is 1. The normalized spacial score (nSPS) is 22.1. The average molecular weight is 373 g/mol. The number of β-amino-alcohol motifs (C(OH)–C–C–N with tert-alkyl or cyclic N) is 1. The van der Waals surface area contributed by atoms with Crippen molar-refractivity contribution < 1.29 is 14.7 Å². The molecule has 0 aromatic carbocycles. The first-order chi connectivity index (χ1) is 13.2. The molecule has 27 heavy (non-hydrogen) atoms. The lowest BCUT2D eigenvalue weighted by Gasteiger charge is -2.34. The van der Waals surface area contributed by atoms with E-state index in [0.717, 1.165) is 44.8 Å². The largest absolute Gasteiger partial charge is 0.395 e. The number of rotatable bonds is 7. The van der Waals surface area contributed by atoms with Gasteiger partial charge >= 0.3 is 0 Å². The summed E-state index contributed by atoms with van der Waals surface area (Å²) in [7, 11) is 0. The molecule has 1 saturated carbocycles. The summed E-state index contributed by atoms with van der Waals surface area (Å²) in [6, 6.07) is 0. The van der Waals surface area contributed by atoms with Gasteiger partial charge in [-0.2, -0.15) is 0 Å². The molecule has 2 heterocycles. The molecular weight excluding hydrogens is 346 g/mol. The molecule has 1 saturated heterocycles. The third-order valence-corrected chi connectivity index (χ3v) is 5.22. The fourth-order valence-corrected chi connectivity index (χ4v) is 3.59. The van der Waals surface area contributed by atoms with Gasteiger partial charge in [-0.15, -0.1) is 0 Å². The molecule has 0 bridgehead atoms. The van der Waals surface area contributed by atoms with E-state index in [1.807, 2.05) is 0 Å². The summed E-state index contributed by atoms with van der Waals surface area (Å²) in [5, 5.41) is 12.1. The number of allylic oxidation sites excluding steroid dienone is 1. The number of carbonyl (C=O) groups is 2. The van der Waals surface area contributed by atoms with E-state index < -0.39 is 0 Å². The second kappa shape index (κ2) is 9.68. The minimum Gasteiger partial charge on any atom is -0.395 e. The van der Waals surface area contributed by atoms with Crippen LogP contribution in [0.3, 0.4) is 0 Å².